The van der Waals surface area contributed by atoms with Crippen LogP contribution in [0.5, 0.6) is 11.5 Å². The number of nitrogens with zero attached hydrogens (tertiary/aromatic N) is 2. The molecule has 0 saturated heterocycles. The predicted molar refractivity (Wildman–Crippen MR) is 118 cm³/mol. The van der Waals surface area contributed by atoms with Crippen LogP contribution in [0.3, 0.4) is 0 Å². The fourth-order valence-electron chi connectivity index (χ4n) is 3.26. The topological polar surface area (TPSA) is 97.4 Å². The number of aliphatic hydroxyl groups excluding tert-OH is 1. The highest BCUT2D eigenvalue weighted by Crippen LogP contribution is 2.42. The van der Waals surface area contributed by atoms with E-state index in [1.165, 1.54) is 6.07 Å². The molecule has 0 saturated carbocycles. The molecule has 0 bridgehead atoms. The molecule has 6 heteroatoms. The third kappa shape index (κ3) is 3.81. The molecule has 4 N–H and O–H groups in total. The van der Waals surface area contributed by atoms with Crippen molar-refractivity contribution in [1.82, 2.24) is 0 Å². The van der Waals surface area contributed by atoms with E-state index >= 15 is 0 Å². The Balaban J connectivity index is 1.79. The zero-order valence-corrected chi connectivity index (χ0v) is 16.3. The molecule has 0 amide bonds. The number of hydrogen-bond donors (Lipinski definition) is 4. The molecule has 4 rings (SSSR count). The molecule has 0 aliphatic carbocycles. The molecule has 0 spiro atoms. The minimum atomic E-state index is -1.16. The molecule has 4 aromatic rings. The van der Waals surface area contributed by atoms with Crippen LogP contribution in [0.4, 0.5) is 17.1 Å². The van der Waals surface area contributed by atoms with Gasteiger partial charge in [-0.3, -0.25) is 0 Å². The summed E-state index contributed by atoms with van der Waals surface area (Å²) in [5, 5.41) is 44.5. The van der Waals surface area contributed by atoms with Gasteiger partial charge in [0.25, 0.3) is 0 Å². The average Bonchev–Trinajstić information content (AvgIpc) is 2.75. The molecule has 150 valence electrons. The van der Waals surface area contributed by atoms with Gasteiger partial charge in [-0.15, -0.1) is 10.2 Å². The first-order valence-corrected chi connectivity index (χ1v) is 9.49. The summed E-state index contributed by atoms with van der Waals surface area (Å²) in [5.74, 6) is -0.191. The van der Waals surface area contributed by atoms with E-state index in [4.69, 9.17) is 0 Å². The lowest BCUT2D eigenvalue weighted by Gasteiger charge is -2.19. The van der Waals surface area contributed by atoms with Crippen molar-refractivity contribution in [2.24, 2.45) is 10.2 Å². The molecule has 0 radical (unpaired) electrons. The Morgan fingerprint density at radius 2 is 1.53 bits per heavy atom. The van der Waals surface area contributed by atoms with Crippen molar-refractivity contribution in [2.45, 2.75) is 13.2 Å². The highest BCUT2D eigenvalue weighted by molar-refractivity contribution is 5.96. The second-order valence-corrected chi connectivity index (χ2v) is 6.93. The molecule has 0 aromatic heterocycles. The fourth-order valence-corrected chi connectivity index (χ4v) is 3.26. The van der Waals surface area contributed by atoms with Crippen LogP contribution >= 0.6 is 0 Å². The number of rotatable bonds is 5. The molecule has 0 aliphatic rings. The molecule has 1 atom stereocenters. The summed E-state index contributed by atoms with van der Waals surface area (Å²) in [7, 11) is 0. The Labute approximate surface area is 173 Å². The normalized spacial score (nSPS) is 12.3. The van der Waals surface area contributed by atoms with Crippen molar-refractivity contribution in [2.75, 3.05) is 5.32 Å². The van der Waals surface area contributed by atoms with Gasteiger partial charge in [-0.1, -0.05) is 54.6 Å². The highest BCUT2D eigenvalue weighted by Gasteiger charge is 2.19. The van der Waals surface area contributed by atoms with Gasteiger partial charge in [-0.2, -0.15) is 0 Å². The number of aryl methyl sites for hydroxylation is 1. The van der Waals surface area contributed by atoms with Crippen molar-refractivity contribution in [3.8, 4) is 11.5 Å². The van der Waals surface area contributed by atoms with E-state index in [2.05, 4.69) is 15.5 Å². The first-order valence-electron chi connectivity index (χ1n) is 9.49. The molecule has 0 fully saturated rings. The van der Waals surface area contributed by atoms with Crippen LogP contribution in [0, 0.1) is 6.92 Å². The second kappa shape index (κ2) is 8.23. The van der Waals surface area contributed by atoms with E-state index in [1.807, 2.05) is 55.5 Å². The van der Waals surface area contributed by atoms with Gasteiger partial charge in [-0.05, 0) is 42.1 Å². The first-order chi connectivity index (χ1) is 14.5. The summed E-state index contributed by atoms with van der Waals surface area (Å²) in [6, 6.07) is 23.2. The maximum absolute atomic E-state index is 10.9. The molecule has 4 aromatic carbocycles. The minimum Gasteiger partial charge on any atom is -0.506 e. The Hall–Kier alpha value is -3.90. The molecule has 1 unspecified atom stereocenters. The van der Waals surface area contributed by atoms with E-state index in [1.54, 1.807) is 24.3 Å². The SMILES string of the molecule is Cc1ccccc1NC(O)c1cc2ccccc2c(N=Nc2ccccc2O)c1O. The summed E-state index contributed by atoms with van der Waals surface area (Å²) in [6.07, 6.45) is -1.16. The van der Waals surface area contributed by atoms with E-state index in [0.29, 0.717) is 5.39 Å². The third-order valence-corrected chi connectivity index (χ3v) is 4.90. The number of phenols is 2. The lowest BCUT2D eigenvalue weighted by Crippen LogP contribution is -2.11. The number of benzene rings is 4. The van der Waals surface area contributed by atoms with Crippen LogP contribution in [0.15, 0.2) is 89.1 Å². The first kappa shape index (κ1) is 19.4. The zero-order chi connectivity index (χ0) is 21.1. The third-order valence-electron chi connectivity index (χ3n) is 4.90. The second-order valence-electron chi connectivity index (χ2n) is 6.93. The summed E-state index contributed by atoms with van der Waals surface area (Å²) in [5.41, 5.74) is 2.51. The number of anilines is 1. The van der Waals surface area contributed by atoms with E-state index in [-0.39, 0.29) is 28.4 Å². The van der Waals surface area contributed by atoms with Crippen LogP contribution in [0.1, 0.15) is 17.4 Å². The van der Waals surface area contributed by atoms with Gasteiger partial charge in [0.05, 0.1) is 0 Å². The summed E-state index contributed by atoms with van der Waals surface area (Å²) in [4.78, 5) is 0. The summed E-state index contributed by atoms with van der Waals surface area (Å²) in [6.45, 7) is 1.93. The fraction of sp³-hybridized carbons (Fsp3) is 0.0833. The monoisotopic (exact) mass is 399 g/mol. The van der Waals surface area contributed by atoms with Crippen LogP contribution < -0.4 is 5.32 Å². The average molecular weight is 399 g/mol. The van der Waals surface area contributed by atoms with E-state index in [9.17, 15) is 15.3 Å². The van der Waals surface area contributed by atoms with Gasteiger partial charge in [0.1, 0.15) is 17.1 Å². The van der Waals surface area contributed by atoms with Crippen LogP contribution in [-0.4, -0.2) is 15.3 Å². The number of fused-ring (bicyclic) bond motifs is 1. The minimum absolute atomic E-state index is 0.0116. The van der Waals surface area contributed by atoms with Gasteiger partial charge in [0.15, 0.2) is 12.0 Å². The van der Waals surface area contributed by atoms with Gasteiger partial charge in [0.2, 0.25) is 0 Å². The number of aromatic hydroxyl groups is 2. The zero-order valence-electron chi connectivity index (χ0n) is 16.3. The van der Waals surface area contributed by atoms with Crippen molar-refractivity contribution in [3.05, 3.63) is 90.0 Å². The maximum atomic E-state index is 10.9. The molecule has 30 heavy (non-hydrogen) atoms. The van der Waals surface area contributed by atoms with Crippen molar-refractivity contribution in [3.63, 3.8) is 0 Å². The van der Waals surface area contributed by atoms with Crippen molar-refractivity contribution < 1.29 is 15.3 Å². The van der Waals surface area contributed by atoms with Crippen LogP contribution in [0.25, 0.3) is 10.8 Å². The molecule has 0 heterocycles. The lowest BCUT2D eigenvalue weighted by molar-refractivity contribution is 0.204. The number of para-hydroxylation sites is 2. The molecule has 0 aliphatic heterocycles. The van der Waals surface area contributed by atoms with Crippen molar-refractivity contribution in [1.29, 1.82) is 0 Å². The Bertz CT molecular complexity index is 1240. The summed E-state index contributed by atoms with van der Waals surface area (Å²) >= 11 is 0. The molecular formula is C24H21N3O3. The smallest absolute Gasteiger partial charge is 0.154 e. The highest BCUT2D eigenvalue weighted by atomic mass is 16.3. The Morgan fingerprint density at radius 1 is 0.833 bits per heavy atom. The standard InChI is InChI=1S/C24H21N3O3/c1-15-8-2-5-11-19(15)25-24(30)18-14-16-9-3-4-10-17(16)22(23(18)29)27-26-20-12-6-7-13-21(20)28/h2-14,24-25,28-30H,1H3. The quantitative estimate of drug-likeness (QED) is 0.241. The maximum Gasteiger partial charge on any atom is 0.154 e. The van der Waals surface area contributed by atoms with Gasteiger partial charge in [0, 0.05) is 16.6 Å². The molecular weight excluding hydrogens is 378 g/mol. The van der Waals surface area contributed by atoms with Gasteiger partial charge >= 0.3 is 0 Å². The van der Waals surface area contributed by atoms with Crippen molar-refractivity contribution >= 4 is 27.8 Å². The van der Waals surface area contributed by atoms with E-state index < -0.39 is 6.23 Å². The Morgan fingerprint density at radius 3 is 2.33 bits per heavy atom. The number of nitrogens with one attached hydrogen (secondary N) is 1. The molecule has 6 nitrogen and oxygen atoms in total. The van der Waals surface area contributed by atoms with Crippen LogP contribution in [0.2, 0.25) is 0 Å². The predicted octanol–water partition coefficient (Wildman–Crippen LogP) is 6.08. The number of aliphatic hydroxyl groups is 1. The number of hydrogen-bond acceptors (Lipinski definition) is 6. The number of phenolic OH excluding ortho intramolecular Hbond substituents is 2. The van der Waals surface area contributed by atoms with Gasteiger partial charge in [-0.25, -0.2) is 0 Å². The number of azo groups is 1. The van der Waals surface area contributed by atoms with Crippen LogP contribution in [-0.2, 0) is 0 Å². The van der Waals surface area contributed by atoms with Gasteiger partial charge < -0.3 is 20.6 Å². The Kier molecular flexibility index (Phi) is 5.32. The van der Waals surface area contributed by atoms with E-state index in [0.717, 1.165) is 16.6 Å². The summed E-state index contributed by atoms with van der Waals surface area (Å²) < 4.78 is 0. The largest absolute Gasteiger partial charge is 0.506 e. The lowest BCUT2D eigenvalue weighted by atomic mass is 10.0.